The van der Waals surface area contributed by atoms with E-state index in [2.05, 4.69) is 21.2 Å². The van der Waals surface area contributed by atoms with Gasteiger partial charge in [0.15, 0.2) is 0 Å². The number of ether oxygens (including phenoxy) is 1. The van der Waals surface area contributed by atoms with Gasteiger partial charge >= 0.3 is 18.4 Å². The van der Waals surface area contributed by atoms with Crippen molar-refractivity contribution in [2.45, 2.75) is 57.7 Å². The van der Waals surface area contributed by atoms with Crippen LogP contribution in [0, 0.1) is 0 Å². The number of halogens is 7. The smallest absolute Gasteiger partial charge is 0.416 e. The van der Waals surface area contributed by atoms with Crippen LogP contribution in [0.15, 0.2) is 40.9 Å². The summed E-state index contributed by atoms with van der Waals surface area (Å²) in [5, 5.41) is 3.08. The lowest BCUT2D eigenvalue weighted by Gasteiger charge is -2.25. The summed E-state index contributed by atoms with van der Waals surface area (Å²) in [4.78, 5) is 14.1. The molecule has 1 amide bonds. The Labute approximate surface area is 201 Å². The molecule has 2 aromatic carbocycles. The molecule has 0 aromatic heterocycles. The molecule has 3 rings (SSSR count). The first-order valence-electron chi connectivity index (χ1n) is 10.5. The summed E-state index contributed by atoms with van der Waals surface area (Å²) < 4.78 is 85.2. The van der Waals surface area contributed by atoms with E-state index in [1.54, 1.807) is 32.0 Å². The minimum atomic E-state index is -4.91. The van der Waals surface area contributed by atoms with E-state index in [1.807, 2.05) is 0 Å². The maximum Gasteiger partial charge on any atom is 0.416 e. The van der Waals surface area contributed by atoms with Crippen molar-refractivity contribution in [1.29, 1.82) is 0 Å². The summed E-state index contributed by atoms with van der Waals surface area (Å²) in [7, 11) is 0. The number of carbonyl (C=O) groups is 1. The van der Waals surface area contributed by atoms with Gasteiger partial charge in [-0.15, -0.1) is 0 Å². The van der Waals surface area contributed by atoms with Gasteiger partial charge in [0.1, 0.15) is 0 Å². The summed E-state index contributed by atoms with van der Waals surface area (Å²) in [6, 6.07) is 6.39. The molecular formula is C23H23BrF6N2O2. The molecule has 34 heavy (non-hydrogen) atoms. The third-order valence-corrected chi connectivity index (χ3v) is 5.78. The zero-order chi connectivity index (χ0) is 25.3. The van der Waals surface area contributed by atoms with E-state index < -0.39 is 35.6 Å². The molecule has 1 aliphatic heterocycles. The van der Waals surface area contributed by atoms with Crippen molar-refractivity contribution in [3.05, 3.63) is 63.1 Å². The predicted octanol–water partition coefficient (Wildman–Crippen LogP) is 7.46. The van der Waals surface area contributed by atoms with E-state index in [4.69, 9.17) is 4.74 Å². The van der Waals surface area contributed by atoms with Crippen LogP contribution in [0.1, 0.15) is 55.0 Å². The second kappa shape index (κ2) is 10.2. The maximum atomic E-state index is 13.2. The number of fused-ring (bicyclic) bond motifs is 1. The Morgan fingerprint density at radius 1 is 1.09 bits per heavy atom. The minimum Gasteiger partial charge on any atom is -0.446 e. The van der Waals surface area contributed by atoms with Crippen LogP contribution in [0.4, 0.5) is 36.8 Å². The fourth-order valence-electron chi connectivity index (χ4n) is 3.81. The number of alkyl halides is 6. The molecule has 186 valence electrons. The molecule has 4 nitrogen and oxygen atoms in total. The number of nitrogens with one attached hydrogen (secondary N) is 1. The molecule has 2 aromatic rings. The molecule has 1 aliphatic rings. The van der Waals surface area contributed by atoms with Crippen molar-refractivity contribution in [3.8, 4) is 0 Å². The van der Waals surface area contributed by atoms with Gasteiger partial charge < -0.3 is 10.1 Å². The first-order chi connectivity index (χ1) is 15.8. The van der Waals surface area contributed by atoms with Crippen LogP contribution in [-0.2, 0) is 23.6 Å². The Morgan fingerprint density at radius 2 is 1.71 bits per heavy atom. The molecular weight excluding hydrogens is 530 g/mol. The van der Waals surface area contributed by atoms with E-state index in [9.17, 15) is 31.1 Å². The predicted molar refractivity (Wildman–Crippen MR) is 118 cm³/mol. The number of hydrogen-bond acceptors (Lipinski definition) is 3. The second-order valence-corrected chi connectivity index (χ2v) is 9.19. The molecule has 0 saturated carbocycles. The molecule has 11 heteroatoms. The Hall–Kier alpha value is -2.27. The fourth-order valence-corrected chi connectivity index (χ4v) is 4.19. The summed E-state index contributed by atoms with van der Waals surface area (Å²) >= 11 is 3.39. The van der Waals surface area contributed by atoms with Gasteiger partial charge in [0.05, 0.1) is 22.9 Å². The van der Waals surface area contributed by atoms with Gasteiger partial charge in [-0.1, -0.05) is 15.9 Å². The lowest BCUT2D eigenvalue weighted by Crippen LogP contribution is -2.34. The van der Waals surface area contributed by atoms with Crippen molar-refractivity contribution in [2.75, 3.05) is 11.4 Å². The summed E-state index contributed by atoms with van der Waals surface area (Å²) in [6.07, 6.45) is -9.60. The van der Waals surface area contributed by atoms with E-state index in [0.717, 1.165) is 4.47 Å². The molecule has 1 heterocycles. The van der Waals surface area contributed by atoms with Gasteiger partial charge in [-0.3, -0.25) is 4.90 Å². The standard InChI is InChI=1S/C23H23BrF6N2O2/c1-13(2)34-21(33)32-7-3-4-19(18-11-17(24)5-6-20(18)32)31-12-14-8-15(22(25,26)27)10-16(9-14)23(28,29)30/h5-6,8-11,13,19,31H,3-4,7,12H2,1-2H3. The van der Waals surface area contributed by atoms with E-state index >= 15 is 0 Å². The third-order valence-electron chi connectivity index (χ3n) is 5.29. The Bertz CT molecular complexity index is 1010. The summed E-state index contributed by atoms with van der Waals surface area (Å²) in [6.45, 7) is 3.60. The SMILES string of the molecule is CC(C)OC(=O)N1CCCC(NCc2cc(C(F)(F)F)cc(C(F)(F)F)c2)c2cc(Br)ccc21. The fraction of sp³-hybridized carbons (Fsp3) is 0.435. The molecule has 0 radical (unpaired) electrons. The normalized spacial score (nSPS) is 16.9. The van der Waals surface area contributed by atoms with Gasteiger partial charge in [0, 0.05) is 23.6 Å². The van der Waals surface area contributed by atoms with E-state index in [1.165, 1.54) is 4.90 Å². The van der Waals surface area contributed by atoms with Crippen LogP contribution in [0.5, 0.6) is 0 Å². The highest BCUT2D eigenvalue weighted by atomic mass is 79.9. The summed E-state index contributed by atoms with van der Waals surface area (Å²) in [5.74, 6) is 0. The van der Waals surface area contributed by atoms with Crippen molar-refractivity contribution in [3.63, 3.8) is 0 Å². The molecule has 0 spiro atoms. The first kappa shape index (κ1) is 26.3. The van der Waals surface area contributed by atoms with Crippen LogP contribution < -0.4 is 10.2 Å². The lowest BCUT2D eigenvalue weighted by molar-refractivity contribution is -0.143. The molecule has 1 N–H and O–H groups in total. The molecule has 0 aliphatic carbocycles. The van der Waals surface area contributed by atoms with Crippen molar-refractivity contribution < 1.29 is 35.9 Å². The monoisotopic (exact) mass is 552 g/mol. The number of nitrogens with zero attached hydrogens (tertiary/aromatic N) is 1. The zero-order valence-corrected chi connectivity index (χ0v) is 19.9. The Morgan fingerprint density at radius 3 is 2.26 bits per heavy atom. The number of anilines is 1. The highest BCUT2D eigenvalue weighted by Gasteiger charge is 2.37. The zero-order valence-electron chi connectivity index (χ0n) is 18.4. The molecule has 0 fully saturated rings. The number of rotatable bonds is 4. The molecule has 0 bridgehead atoms. The highest BCUT2D eigenvalue weighted by molar-refractivity contribution is 9.10. The number of amides is 1. The van der Waals surface area contributed by atoms with Crippen LogP contribution in [0.25, 0.3) is 0 Å². The second-order valence-electron chi connectivity index (χ2n) is 8.28. The van der Waals surface area contributed by atoms with Gasteiger partial charge in [-0.2, -0.15) is 26.3 Å². The molecule has 0 saturated heterocycles. The number of hydrogen-bond donors (Lipinski definition) is 1. The first-order valence-corrected chi connectivity index (χ1v) is 11.3. The van der Waals surface area contributed by atoms with Gasteiger partial charge in [0.25, 0.3) is 0 Å². The summed E-state index contributed by atoms with van der Waals surface area (Å²) in [5.41, 5.74) is -1.59. The third kappa shape index (κ3) is 6.44. The average molecular weight is 553 g/mol. The van der Waals surface area contributed by atoms with Gasteiger partial charge in [-0.25, -0.2) is 4.79 Å². The van der Waals surface area contributed by atoms with Gasteiger partial charge in [-0.05, 0) is 74.2 Å². The molecule has 1 unspecified atom stereocenters. The Kier molecular flexibility index (Phi) is 7.86. The maximum absolute atomic E-state index is 13.2. The van der Waals surface area contributed by atoms with Crippen LogP contribution >= 0.6 is 15.9 Å². The largest absolute Gasteiger partial charge is 0.446 e. The minimum absolute atomic E-state index is 0.111. The lowest BCUT2D eigenvalue weighted by atomic mass is 10.00. The van der Waals surface area contributed by atoms with Crippen LogP contribution in [0.2, 0.25) is 0 Å². The van der Waals surface area contributed by atoms with Crippen LogP contribution in [-0.4, -0.2) is 18.7 Å². The highest BCUT2D eigenvalue weighted by Crippen LogP contribution is 2.38. The average Bonchev–Trinajstić information content (AvgIpc) is 2.89. The van der Waals surface area contributed by atoms with E-state index in [0.29, 0.717) is 42.8 Å². The van der Waals surface area contributed by atoms with Crippen LogP contribution in [0.3, 0.4) is 0 Å². The van der Waals surface area contributed by atoms with Crippen molar-refractivity contribution in [2.24, 2.45) is 0 Å². The molecule has 1 atom stereocenters. The van der Waals surface area contributed by atoms with Gasteiger partial charge in [0.2, 0.25) is 0 Å². The number of carbonyl (C=O) groups excluding carboxylic acids is 1. The Balaban J connectivity index is 1.91. The van der Waals surface area contributed by atoms with Crippen molar-refractivity contribution in [1.82, 2.24) is 5.32 Å². The topological polar surface area (TPSA) is 41.6 Å². The number of benzene rings is 2. The quantitative estimate of drug-likeness (QED) is 0.400. The van der Waals surface area contributed by atoms with E-state index in [-0.39, 0.29) is 24.3 Å². The van der Waals surface area contributed by atoms with Crippen molar-refractivity contribution >= 4 is 27.7 Å².